The number of nitrogens with zero attached hydrogens (tertiary/aromatic N) is 5. The highest BCUT2D eigenvalue weighted by atomic mass is 16.5. The molecule has 0 aliphatic heterocycles. The van der Waals surface area contributed by atoms with Gasteiger partial charge < -0.3 is 25.5 Å². The Bertz CT molecular complexity index is 1240. The van der Waals surface area contributed by atoms with Gasteiger partial charge in [-0.2, -0.15) is 19.5 Å². The number of anilines is 3. The molecular formula is C25H34N8O2. The second kappa shape index (κ2) is 9.91. The molecule has 1 aromatic carbocycles. The summed E-state index contributed by atoms with van der Waals surface area (Å²) in [6.45, 7) is 12.0. The van der Waals surface area contributed by atoms with Gasteiger partial charge in [0.1, 0.15) is 0 Å². The summed E-state index contributed by atoms with van der Waals surface area (Å²) < 4.78 is 12.6. The number of rotatable bonds is 10. The second-order valence-corrected chi connectivity index (χ2v) is 10.1. The van der Waals surface area contributed by atoms with Crippen LogP contribution in [0, 0.1) is 0 Å². The van der Waals surface area contributed by atoms with Gasteiger partial charge in [0.25, 0.3) is 5.78 Å². The average molecular weight is 479 g/mol. The third-order valence-electron chi connectivity index (χ3n) is 5.37. The smallest absolute Gasteiger partial charge is 0.259 e. The van der Waals surface area contributed by atoms with Crippen LogP contribution in [0.5, 0.6) is 0 Å². The van der Waals surface area contributed by atoms with E-state index < -0.39 is 0 Å². The van der Waals surface area contributed by atoms with Gasteiger partial charge in [-0.1, -0.05) is 12.1 Å². The van der Waals surface area contributed by atoms with Gasteiger partial charge in [-0.3, -0.25) is 0 Å². The highest BCUT2D eigenvalue weighted by Gasteiger charge is 2.19. The van der Waals surface area contributed by atoms with E-state index in [0.717, 1.165) is 18.5 Å². The largest absolute Gasteiger partial charge is 0.461 e. The van der Waals surface area contributed by atoms with Crippen LogP contribution in [0.15, 0.2) is 47.1 Å². The Morgan fingerprint density at radius 3 is 2.49 bits per heavy atom. The number of benzene rings is 1. The predicted molar refractivity (Wildman–Crippen MR) is 137 cm³/mol. The number of nitrogen functional groups attached to an aromatic ring is 1. The van der Waals surface area contributed by atoms with Crippen molar-refractivity contribution >= 4 is 23.4 Å². The maximum Gasteiger partial charge on any atom is 0.259 e. The first kappa shape index (κ1) is 24.5. The van der Waals surface area contributed by atoms with Gasteiger partial charge >= 0.3 is 0 Å². The van der Waals surface area contributed by atoms with Gasteiger partial charge in [0, 0.05) is 24.4 Å². The first-order valence-electron chi connectivity index (χ1n) is 11.8. The summed E-state index contributed by atoms with van der Waals surface area (Å²) >= 11 is 0. The van der Waals surface area contributed by atoms with E-state index >= 15 is 0 Å². The maximum absolute atomic E-state index is 6.05. The molecule has 4 rings (SSSR count). The molecule has 3 aromatic heterocycles. The zero-order chi connectivity index (χ0) is 25.1. The van der Waals surface area contributed by atoms with Crippen LogP contribution < -0.4 is 16.4 Å². The maximum atomic E-state index is 6.05. The van der Waals surface area contributed by atoms with Crippen LogP contribution in [0.1, 0.15) is 46.6 Å². The molecule has 0 aliphatic carbocycles. The van der Waals surface area contributed by atoms with E-state index in [2.05, 4.69) is 89.6 Å². The molecule has 3 heterocycles. The Kier molecular flexibility index (Phi) is 6.93. The minimum atomic E-state index is -0.118. The molecule has 10 heteroatoms. The lowest BCUT2D eigenvalue weighted by molar-refractivity contribution is -0.00846. The zero-order valence-corrected chi connectivity index (χ0v) is 21.0. The molecule has 0 saturated heterocycles. The molecule has 0 atom stereocenters. The fourth-order valence-corrected chi connectivity index (χ4v) is 3.53. The Hall–Kier alpha value is -3.66. The van der Waals surface area contributed by atoms with Gasteiger partial charge in [0.2, 0.25) is 17.7 Å². The van der Waals surface area contributed by atoms with Crippen molar-refractivity contribution in [2.75, 3.05) is 29.5 Å². The molecule has 0 unspecified atom stereocenters. The van der Waals surface area contributed by atoms with Gasteiger partial charge in [-0.25, -0.2) is 0 Å². The van der Waals surface area contributed by atoms with Gasteiger partial charge in [0.05, 0.1) is 11.9 Å². The van der Waals surface area contributed by atoms with Crippen LogP contribution >= 0.6 is 0 Å². The van der Waals surface area contributed by atoms with E-state index in [9.17, 15) is 0 Å². The molecule has 0 spiro atoms. The van der Waals surface area contributed by atoms with Crippen molar-refractivity contribution in [3.8, 4) is 11.6 Å². The molecular weight excluding hydrogens is 444 g/mol. The molecule has 0 saturated carbocycles. The number of fused-ring (bicyclic) bond motifs is 1. The first-order chi connectivity index (χ1) is 16.6. The Labute approximate surface area is 205 Å². The minimum absolute atomic E-state index is 0.0667. The van der Waals surface area contributed by atoms with E-state index in [1.807, 2.05) is 0 Å². The first-order valence-corrected chi connectivity index (χ1v) is 11.8. The van der Waals surface area contributed by atoms with E-state index in [1.54, 1.807) is 18.4 Å². The van der Waals surface area contributed by atoms with Crippen molar-refractivity contribution in [3.05, 3.63) is 48.2 Å². The molecule has 0 radical (unpaired) electrons. The summed E-state index contributed by atoms with van der Waals surface area (Å²) in [5, 5.41) is 11.1. The van der Waals surface area contributed by atoms with Crippen LogP contribution in [-0.2, 0) is 11.2 Å². The molecule has 35 heavy (non-hydrogen) atoms. The van der Waals surface area contributed by atoms with E-state index in [0.29, 0.717) is 36.5 Å². The van der Waals surface area contributed by atoms with Crippen LogP contribution in [-0.4, -0.2) is 48.9 Å². The number of ether oxygens (including phenoxy) is 1. The lowest BCUT2D eigenvalue weighted by Crippen LogP contribution is -2.33. The number of nitrogens with one attached hydrogen (secondary N) is 2. The predicted octanol–water partition coefficient (Wildman–Crippen LogP) is 4.41. The van der Waals surface area contributed by atoms with Crippen molar-refractivity contribution in [1.82, 2.24) is 24.6 Å². The minimum Gasteiger partial charge on any atom is -0.461 e. The average Bonchev–Trinajstić information content (AvgIpc) is 3.43. The number of hydrogen-bond acceptors (Lipinski definition) is 9. The quantitative estimate of drug-likeness (QED) is 0.303. The number of hydrogen-bond donors (Lipinski definition) is 3. The summed E-state index contributed by atoms with van der Waals surface area (Å²) in [4.78, 5) is 13.1. The van der Waals surface area contributed by atoms with Crippen LogP contribution in [0.4, 0.5) is 17.6 Å². The van der Waals surface area contributed by atoms with Crippen molar-refractivity contribution in [1.29, 1.82) is 0 Å². The number of aromatic nitrogens is 5. The summed E-state index contributed by atoms with van der Waals surface area (Å²) in [5.41, 5.74) is 8.15. The van der Waals surface area contributed by atoms with E-state index in [4.69, 9.17) is 14.9 Å². The summed E-state index contributed by atoms with van der Waals surface area (Å²) in [5.74, 6) is 1.92. The SMILES string of the molecule is CC(C)(CCOC(C)(C)C)Nc1ccc(CCNc2nc(N)n3nc(-c4ccco4)nc3n2)cc1. The molecule has 4 aromatic rings. The molecule has 0 aliphatic rings. The molecule has 0 fully saturated rings. The van der Waals surface area contributed by atoms with Crippen molar-refractivity contribution < 1.29 is 9.15 Å². The lowest BCUT2D eigenvalue weighted by Gasteiger charge is -2.29. The number of nitrogens with two attached hydrogens (primary N) is 1. The Morgan fingerprint density at radius 1 is 1.03 bits per heavy atom. The standard InChI is InChI=1S/C25H34N8O2/c1-24(2,3)35-16-13-25(4,5)31-18-10-8-17(9-11-18)12-14-27-22-29-21(26)33-23(30-22)28-20(32-33)19-7-6-15-34-19/h6-11,15,31H,12-14,16H2,1-5H3,(H3,26,27,28,29,30,32). The molecule has 186 valence electrons. The topological polar surface area (TPSA) is 128 Å². The third-order valence-corrected chi connectivity index (χ3v) is 5.37. The normalized spacial score (nSPS) is 12.3. The molecule has 10 nitrogen and oxygen atoms in total. The van der Waals surface area contributed by atoms with Crippen LogP contribution in [0.3, 0.4) is 0 Å². The summed E-state index contributed by atoms with van der Waals surface area (Å²) in [7, 11) is 0. The van der Waals surface area contributed by atoms with E-state index in [1.165, 1.54) is 10.1 Å². The highest BCUT2D eigenvalue weighted by Crippen LogP contribution is 2.21. The summed E-state index contributed by atoms with van der Waals surface area (Å²) in [6.07, 6.45) is 3.29. The molecule has 0 amide bonds. The number of furan rings is 1. The van der Waals surface area contributed by atoms with Crippen molar-refractivity contribution in [2.45, 2.75) is 58.6 Å². The fourth-order valence-electron chi connectivity index (χ4n) is 3.53. The Balaban J connectivity index is 1.30. The molecule has 4 N–H and O–H groups in total. The Morgan fingerprint density at radius 2 is 1.80 bits per heavy atom. The van der Waals surface area contributed by atoms with Crippen molar-refractivity contribution in [3.63, 3.8) is 0 Å². The van der Waals surface area contributed by atoms with Gasteiger partial charge in [0.15, 0.2) is 5.76 Å². The monoisotopic (exact) mass is 478 g/mol. The van der Waals surface area contributed by atoms with Crippen LogP contribution in [0.2, 0.25) is 0 Å². The zero-order valence-electron chi connectivity index (χ0n) is 21.0. The summed E-state index contributed by atoms with van der Waals surface area (Å²) in [6, 6.07) is 12.0. The van der Waals surface area contributed by atoms with Crippen molar-refractivity contribution in [2.24, 2.45) is 0 Å². The van der Waals surface area contributed by atoms with Crippen LogP contribution in [0.25, 0.3) is 17.4 Å². The third kappa shape index (κ3) is 6.69. The molecule has 0 bridgehead atoms. The van der Waals surface area contributed by atoms with E-state index in [-0.39, 0.29) is 17.1 Å². The lowest BCUT2D eigenvalue weighted by atomic mass is 10.00. The van der Waals surface area contributed by atoms with Gasteiger partial charge in [-0.15, -0.1) is 5.10 Å². The fraction of sp³-hybridized carbons (Fsp3) is 0.440. The van der Waals surface area contributed by atoms with Gasteiger partial charge in [-0.05, 0) is 77.3 Å². The highest BCUT2D eigenvalue weighted by molar-refractivity contribution is 5.52. The second-order valence-electron chi connectivity index (χ2n) is 10.1.